The topological polar surface area (TPSA) is 28.5 Å². The minimum atomic E-state index is -0.192. The molecule has 3 heteroatoms. The van der Waals surface area contributed by atoms with Crippen LogP contribution in [0.2, 0.25) is 0 Å². The Morgan fingerprint density at radius 2 is 1.10 bits per heavy atom. The third kappa shape index (κ3) is 3.57. The lowest BCUT2D eigenvalue weighted by Crippen LogP contribution is -2.53. The Labute approximate surface area is 235 Å². The summed E-state index contributed by atoms with van der Waals surface area (Å²) in [6.45, 7) is 11.0. The summed E-state index contributed by atoms with van der Waals surface area (Å²) < 4.78 is 0. The molecule has 1 aromatic heterocycles. The van der Waals surface area contributed by atoms with Crippen molar-refractivity contribution >= 4 is 44.0 Å². The lowest BCUT2D eigenvalue weighted by atomic mass is 9.83. The summed E-state index contributed by atoms with van der Waals surface area (Å²) in [6, 6.07) is 37.3. The summed E-state index contributed by atoms with van der Waals surface area (Å²) >= 11 is 0. The molecule has 0 amide bonds. The largest absolute Gasteiger partial charge is 0.307 e. The minimum absolute atomic E-state index is 0.174. The molecular formula is C37H33N3. The maximum atomic E-state index is 5.02. The van der Waals surface area contributed by atoms with Crippen molar-refractivity contribution in [3.8, 4) is 22.3 Å². The monoisotopic (exact) mass is 519 g/mol. The quantitative estimate of drug-likeness (QED) is 0.218. The predicted octanol–water partition coefficient (Wildman–Crippen LogP) is 9.67. The molecule has 1 aliphatic rings. The Morgan fingerprint density at radius 1 is 0.575 bits per heavy atom. The number of aromatic nitrogens is 1. The predicted molar refractivity (Wildman–Crippen MR) is 171 cm³/mol. The fourth-order valence-electron chi connectivity index (χ4n) is 6.48. The Kier molecular flexibility index (Phi) is 5.37. The smallest absolute Gasteiger partial charge is 0.134 e. The van der Waals surface area contributed by atoms with Gasteiger partial charge in [0.2, 0.25) is 0 Å². The van der Waals surface area contributed by atoms with Gasteiger partial charge in [-0.3, -0.25) is 4.99 Å². The second-order valence-corrected chi connectivity index (χ2v) is 11.9. The van der Waals surface area contributed by atoms with E-state index in [1.54, 1.807) is 0 Å². The maximum Gasteiger partial charge on any atom is 0.134 e. The molecule has 3 nitrogen and oxygen atoms in total. The van der Waals surface area contributed by atoms with Crippen LogP contribution in [0.4, 0.5) is 5.82 Å². The Hall–Kier alpha value is -4.50. The highest BCUT2D eigenvalue weighted by atomic mass is 15.4. The van der Waals surface area contributed by atoms with Crippen molar-refractivity contribution in [2.75, 3.05) is 4.90 Å². The van der Waals surface area contributed by atoms with Gasteiger partial charge in [-0.1, -0.05) is 84.9 Å². The molecule has 5 aromatic carbocycles. The zero-order valence-corrected chi connectivity index (χ0v) is 23.7. The third-order valence-electron chi connectivity index (χ3n) is 9.06. The first kappa shape index (κ1) is 24.5. The molecule has 40 heavy (non-hydrogen) atoms. The summed E-state index contributed by atoms with van der Waals surface area (Å²) in [5.41, 5.74) is 4.49. The molecule has 6 aromatic rings. The van der Waals surface area contributed by atoms with Gasteiger partial charge in [0.05, 0.1) is 11.1 Å². The third-order valence-corrected chi connectivity index (χ3v) is 9.06. The molecule has 1 aliphatic heterocycles. The van der Waals surface area contributed by atoms with E-state index in [2.05, 4.69) is 143 Å². The van der Waals surface area contributed by atoms with Crippen molar-refractivity contribution in [2.45, 2.75) is 45.7 Å². The van der Waals surface area contributed by atoms with E-state index in [1.165, 1.54) is 49.0 Å². The number of benzene rings is 5. The highest BCUT2D eigenvalue weighted by Gasteiger charge is 2.48. The molecule has 0 saturated heterocycles. The standard InChI is InChI=1S/C37H33N3/c1-24-39-36(2,3)37(4,5)40(24)33-21-20-28(23-38-33)35-31-16-10-8-14-29(31)34(30-15-9-11-17-32(30)35)27-19-18-25-12-6-7-13-26(25)22-27/h6-23H,1-5H3. The van der Waals surface area contributed by atoms with Crippen LogP contribution >= 0.6 is 0 Å². The van der Waals surface area contributed by atoms with E-state index in [0.717, 1.165) is 17.2 Å². The Balaban J connectivity index is 1.44. The number of nitrogens with zero attached hydrogens (tertiary/aromatic N) is 3. The van der Waals surface area contributed by atoms with Gasteiger partial charge in [0.25, 0.3) is 0 Å². The summed E-state index contributed by atoms with van der Waals surface area (Å²) in [5, 5.41) is 7.48. The molecule has 0 saturated carbocycles. The fourth-order valence-corrected chi connectivity index (χ4v) is 6.48. The van der Waals surface area contributed by atoms with Gasteiger partial charge in [0.1, 0.15) is 11.7 Å². The van der Waals surface area contributed by atoms with Crippen LogP contribution in [-0.4, -0.2) is 21.9 Å². The number of hydrogen-bond donors (Lipinski definition) is 0. The molecule has 0 atom stereocenters. The van der Waals surface area contributed by atoms with Crippen LogP contribution in [0.15, 0.2) is 114 Å². The lowest BCUT2D eigenvalue weighted by Gasteiger charge is -2.40. The zero-order chi connectivity index (χ0) is 27.6. The van der Waals surface area contributed by atoms with Crippen LogP contribution in [0, 0.1) is 0 Å². The van der Waals surface area contributed by atoms with E-state index < -0.39 is 0 Å². The molecule has 0 spiro atoms. The van der Waals surface area contributed by atoms with Crippen molar-refractivity contribution in [1.82, 2.24) is 4.98 Å². The summed E-state index contributed by atoms with van der Waals surface area (Å²) in [7, 11) is 0. The van der Waals surface area contributed by atoms with Crippen LogP contribution < -0.4 is 4.90 Å². The van der Waals surface area contributed by atoms with E-state index in [9.17, 15) is 0 Å². The summed E-state index contributed by atoms with van der Waals surface area (Å²) in [6.07, 6.45) is 2.04. The second kappa shape index (κ2) is 8.76. The average Bonchev–Trinajstić information content (AvgIpc) is 3.12. The van der Waals surface area contributed by atoms with E-state index in [4.69, 9.17) is 9.98 Å². The van der Waals surface area contributed by atoms with Gasteiger partial charge in [-0.15, -0.1) is 0 Å². The first-order valence-corrected chi connectivity index (χ1v) is 14.0. The molecule has 0 fully saturated rings. The molecule has 196 valence electrons. The Bertz CT molecular complexity index is 1910. The van der Waals surface area contributed by atoms with Crippen molar-refractivity contribution in [1.29, 1.82) is 0 Å². The number of fused-ring (bicyclic) bond motifs is 3. The van der Waals surface area contributed by atoms with Crippen LogP contribution in [0.5, 0.6) is 0 Å². The van der Waals surface area contributed by atoms with Gasteiger partial charge in [-0.2, -0.15) is 0 Å². The molecule has 7 rings (SSSR count). The molecule has 0 unspecified atom stereocenters. The van der Waals surface area contributed by atoms with Crippen molar-refractivity contribution in [3.63, 3.8) is 0 Å². The number of pyridine rings is 1. The number of hydrogen-bond acceptors (Lipinski definition) is 3. The van der Waals surface area contributed by atoms with Gasteiger partial charge in [0.15, 0.2) is 0 Å². The number of aliphatic imine (C=N–C) groups is 1. The molecular weight excluding hydrogens is 486 g/mol. The highest BCUT2D eigenvalue weighted by molar-refractivity contribution is 6.21. The molecule has 0 N–H and O–H groups in total. The van der Waals surface area contributed by atoms with Crippen LogP contribution in [0.25, 0.3) is 54.6 Å². The van der Waals surface area contributed by atoms with Crippen molar-refractivity contribution < 1.29 is 0 Å². The fraction of sp³-hybridized carbons (Fsp3) is 0.189. The van der Waals surface area contributed by atoms with Gasteiger partial charge in [0, 0.05) is 11.8 Å². The first-order chi connectivity index (χ1) is 19.3. The Morgan fingerprint density at radius 3 is 1.62 bits per heavy atom. The molecule has 0 aliphatic carbocycles. The van der Waals surface area contributed by atoms with Crippen LogP contribution in [-0.2, 0) is 0 Å². The van der Waals surface area contributed by atoms with Gasteiger partial charge >= 0.3 is 0 Å². The van der Waals surface area contributed by atoms with E-state index in [0.29, 0.717) is 0 Å². The van der Waals surface area contributed by atoms with Crippen molar-refractivity contribution in [3.05, 3.63) is 109 Å². The number of anilines is 1. The highest BCUT2D eigenvalue weighted by Crippen LogP contribution is 2.45. The van der Waals surface area contributed by atoms with Crippen LogP contribution in [0.3, 0.4) is 0 Å². The van der Waals surface area contributed by atoms with E-state index in [-0.39, 0.29) is 11.1 Å². The van der Waals surface area contributed by atoms with Gasteiger partial charge in [-0.25, -0.2) is 4.98 Å². The SMILES string of the molecule is CC1=NC(C)(C)C(C)(C)N1c1ccc(-c2c3ccccc3c(-c3ccc4ccccc4c3)c3ccccc23)cn1. The number of amidine groups is 1. The van der Waals surface area contributed by atoms with Gasteiger partial charge < -0.3 is 4.90 Å². The van der Waals surface area contributed by atoms with E-state index >= 15 is 0 Å². The summed E-state index contributed by atoms with van der Waals surface area (Å²) in [4.78, 5) is 12.2. The average molecular weight is 520 g/mol. The van der Waals surface area contributed by atoms with Crippen molar-refractivity contribution in [2.24, 2.45) is 4.99 Å². The molecule has 2 heterocycles. The van der Waals surface area contributed by atoms with Gasteiger partial charge in [-0.05, 0) is 102 Å². The second-order valence-electron chi connectivity index (χ2n) is 11.9. The van der Waals surface area contributed by atoms with E-state index in [1.807, 2.05) is 6.20 Å². The summed E-state index contributed by atoms with van der Waals surface area (Å²) in [5.74, 6) is 1.94. The molecule has 0 radical (unpaired) electrons. The first-order valence-electron chi connectivity index (χ1n) is 14.0. The number of rotatable bonds is 3. The lowest BCUT2D eigenvalue weighted by molar-refractivity contribution is 0.337. The minimum Gasteiger partial charge on any atom is -0.307 e. The maximum absolute atomic E-state index is 5.02. The normalized spacial score (nSPS) is 16.1. The van der Waals surface area contributed by atoms with Crippen LogP contribution in [0.1, 0.15) is 34.6 Å². The zero-order valence-electron chi connectivity index (χ0n) is 23.7. The molecule has 0 bridgehead atoms.